The van der Waals surface area contributed by atoms with Crippen molar-refractivity contribution in [3.63, 3.8) is 0 Å². The predicted molar refractivity (Wildman–Crippen MR) is 50.8 cm³/mol. The van der Waals surface area contributed by atoms with Crippen molar-refractivity contribution in [1.82, 2.24) is 10.2 Å². The van der Waals surface area contributed by atoms with E-state index in [4.69, 9.17) is 5.11 Å². The molecule has 4 heteroatoms. The Morgan fingerprint density at radius 2 is 2.46 bits per heavy atom. The van der Waals surface area contributed by atoms with Crippen molar-refractivity contribution in [1.29, 1.82) is 0 Å². The smallest absolute Gasteiger partial charge is 0.304 e. The molecule has 0 aromatic carbocycles. The van der Waals surface area contributed by atoms with Crippen molar-refractivity contribution in [2.45, 2.75) is 31.8 Å². The summed E-state index contributed by atoms with van der Waals surface area (Å²) in [7, 11) is 2.01. The molecule has 1 rings (SSSR count). The molecule has 0 spiro atoms. The molecule has 2 atom stereocenters. The van der Waals surface area contributed by atoms with Crippen molar-refractivity contribution in [3.05, 3.63) is 0 Å². The Hall–Kier alpha value is -0.610. The molecule has 1 fully saturated rings. The molecular formula is C9H18N2O2. The van der Waals surface area contributed by atoms with Gasteiger partial charge in [0.2, 0.25) is 0 Å². The van der Waals surface area contributed by atoms with Crippen molar-refractivity contribution in [3.8, 4) is 0 Å². The lowest BCUT2D eigenvalue weighted by molar-refractivity contribution is -0.138. The molecule has 0 radical (unpaired) electrons. The van der Waals surface area contributed by atoms with Gasteiger partial charge >= 0.3 is 5.97 Å². The molecule has 0 bridgehead atoms. The number of likely N-dealkylation sites (N-methyl/N-ethyl adjacent to an activating group) is 1. The van der Waals surface area contributed by atoms with Crippen LogP contribution >= 0.6 is 0 Å². The highest BCUT2D eigenvalue weighted by atomic mass is 16.4. The molecule has 1 aliphatic rings. The van der Waals surface area contributed by atoms with Crippen LogP contribution in [0.1, 0.15) is 19.8 Å². The van der Waals surface area contributed by atoms with Crippen LogP contribution < -0.4 is 5.32 Å². The number of carboxylic acids is 1. The molecule has 76 valence electrons. The maximum absolute atomic E-state index is 10.5. The van der Waals surface area contributed by atoms with Crippen molar-refractivity contribution < 1.29 is 9.90 Å². The van der Waals surface area contributed by atoms with Crippen molar-refractivity contribution in [2.24, 2.45) is 0 Å². The van der Waals surface area contributed by atoms with Gasteiger partial charge in [-0.15, -0.1) is 0 Å². The van der Waals surface area contributed by atoms with Crippen LogP contribution in [0.5, 0.6) is 0 Å². The summed E-state index contributed by atoms with van der Waals surface area (Å²) in [6.45, 7) is 4.00. The second-order valence-corrected chi connectivity index (χ2v) is 3.76. The predicted octanol–water partition coefficient (Wildman–Crippen LogP) is 0.143. The van der Waals surface area contributed by atoms with E-state index in [0.29, 0.717) is 6.04 Å². The second-order valence-electron chi connectivity index (χ2n) is 3.76. The number of rotatable bonds is 4. The largest absolute Gasteiger partial charge is 0.481 e. The zero-order chi connectivity index (χ0) is 9.84. The average Bonchev–Trinajstić information content (AvgIpc) is 2.53. The van der Waals surface area contributed by atoms with E-state index in [0.717, 1.165) is 19.5 Å². The molecule has 2 unspecified atom stereocenters. The molecule has 1 aliphatic heterocycles. The standard InChI is InChI=1S/C9H18N2O2/c1-7(5-9(12)13)11(2)8-3-4-10-6-8/h7-8,10H,3-6H2,1-2H3,(H,12,13). The number of nitrogens with zero attached hydrogens (tertiary/aromatic N) is 1. The zero-order valence-corrected chi connectivity index (χ0v) is 8.29. The molecule has 4 nitrogen and oxygen atoms in total. The van der Waals surface area contributed by atoms with Crippen LogP contribution in [0.15, 0.2) is 0 Å². The Morgan fingerprint density at radius 1 is 1.77 bits per heavy atom. The van der Waals surface area contributed by atoms with Gasteiger partial charge in [0.15, 0.2) is 0 Å². The molecule has 0 aromatic rings. The van der Waals surface area contributed by atoms with E-state index in [1.54, 1.807) is 0 Å². The van der Waals surface area contributed by atoms with Gasteiger partial charge in [-0.25, -0.2) is 0 Å². The number of hydrogen-bond donors (Lipinski definition) is 2. The fourth-order valence-electron chi connectivity index (χ4n) is 1.74. The van der Waals surface area contributed by atoms with Crippen LogP contribution in [0.25, 0.3) is 0 Å². The molecular weight excluding hydrogens is 168 g/mol. The molecule has 0 saturated carbocycles. The summed E-state index contributed by atoms with van der Waals surface area (Å²) in [6.07, 6.45) is 1.35. The zero-order valence-electron chi connectivity index (χ0n) is 8.29. The van der Waals surface area contributed by atoms with Gasteiger partial charge < -0.3 is 10.4 Å². The lowest BCUT2D eigenvalue weighted by atomic mass is 10.1. The second kappa shape index (κ2) is 4.58. The quantitative estimate of drug-likeness (QED) is 0.656. The Labute approximate surface area is 78.9 Å². The Kier molecular flexibility index (Phi) is 3.69. The van der Waals surface area contributed by atoms with Gasteiger partial charge in [-0.1, -0.05) is 0 Å². The van der Waals surface area contributed by atoms with E-state index in [2.05, 4.69) is 10.2 Å². The Morgan fingerprint density at radius 3 is 2.92 bits per heavy atom. The molecule has 2 N–H and O–H groups in total. The average molecular weight is 186 g/mol. The minimum Gasteiger partial charge on any atom is -0.481 e. The first-order chi connectivity index (χ1) is 6.11. The fourth-order valence-corrected chi connectivity index (χ4v) is 1.74. The highest BCUT2D eigenvalue weighted by molar-refractivity contribution is 5.67. The summed E-state index contributed by atoms with van der Waals surface area (Å²) >= 11 is 0. The van der Waals surface area contributed by atoms with Gasteiger partial charge in [0.25, 0.3) is 0 Å². The monoisotopic (exact) mass is 186 g/mol. The van der Waals surface area contributed by atoms with E-state index in [1.165, 1.54) is 0 Å². The fraction of sp³-hybridized carbons (Fsp3) is 0.889. The third-order valence-corrected chi connectivity index (χ3v) is 2.78. The highest BCUT2D eigenvalue weighted by Gasteiger charge is 2.23. The van der Waals surface area contributed by atoms with E-state index >= 15 is 0 Å². The van der Waals surface area contributed by atoms with E-state index in [9.17, 15) is 4.79 Å². The Balaban J connectivity index is 2.36. The number of aliphatic carboxylic acids is 1. The summed E-state index contributed by atoms with van der Waals surface area (Å²) in [4.78, 5) is 12.6. The molecule has 0 aliphatic carbocycles. The summed E-state index contributed by atoms with van der Waals surface area (Å²) in [5, 5.41) is 11.9. The first-order valence-electron chi connectivity index (χ1n) is 4.75. The van der Waals surface area contributed by atoms with Crippen LogP contribution in [0.3, 0.4) is 0 Å². The van der Waals surface area contributed by atoms with Crippen molar-refractivity contribution >= 4 is 5.97 Å². The van der Waals surface area contributed by atoms with E-state index in [1.807, 2.05) is 14.0 Å². The first kappa shape index (κ1) is 10.5. The SMILES string of the molecule is CC(CC(=O)O)N(C)C1CCNC1. The molecule has 1 saturated heterocycles. The normalized spacial score (nSPS) is 25.0. The highest BCUT2D eigenvalue weighted by Crippen LogP contribution is 2.11. The third-order valence-electron chi connectivity index (χ3n) is 2.78. The van der Waals surface area contributed by atoms with Crippen LogP contribution in [0.4, 0.5) is 0 Å². The Bertz CT molecular complexity index is 178. The summed E-state index contributed by atoms with van der Waals surface area (Å²) < 4.78 is 0. The summed E-state index contributed by atoms with van der Waals surface area (Å²) in [5.41, 5.74) is 0. The molecule has 0 aromatic heterocycles. The molecule has 0 amide bonds. The maximum Gasteiger partial charge on any atom is 0.304 e. The van der Waals surface area contributed by atoms with Gasteiger partial charge in [0.1, 0.15) is 0 Å². The number of hydrogen-bond acceptors (Lipinski definition) is 3. The summed E-state index contributed by atoms with van der Waals surface area (Å²) in [5.74, 6) is -0.717. The van der Waals surface area contributed by atoms with Gasteiger partial charge in [0, 0.05) is 18.6 Å². The lowest BCUT2D eigenvalue weighted by Crippen LogP contribution is -2.40. The molecule has 1 heterocycles. The summed E-state index contributed by atoms with van der Waals surface area (Å²) in [6, 6.07) is 0.636. The first-order valence-corrected chi connectivity index (χ1v) is 4.75. The number of carbonyl (C=O) groups is 1. The third kappa shape index (κ3) is 2.97. The van der Waals surface area contributed by atoms with Crippen LogP contribution in [0.2, 0.25) is 0 Å². The van der Waals surface area contributed by atoms with Crippen LogP contribution in [-0.2, 0) is 4.79 Å². The number of nitrogens with one attached hydrogen (secondary N) is 1. The van der Waals surface area contributed by atoms with Crippen LogP contribution in [-0.4, -0.2) is 48.2 Å². The molecule has 13 heavy (non-hydrogen) atoms. The van der Waals surface area contributed by atoms with Crippen molar-refractivity contribution in [2.75, 3.05) is 20.1 Å². The lowest BCUT2D eigenvalue weighted by Gasteiger charge is -2.28. The van der Waals surface area contributed by atoms with Crippen LogP contribution in [0, 0.1) is 0 Å². The topological polar surface area (TPSA) is 52.6 Å². The van der Waals surface area contributed by atoms with Gasteiger partial charge in [-0.05, 0) is 26.9 Å². The van der Waals surface area contributed by atoms with E-state index < -0.39 is 5.97 Å². The minimum absolute atomic E-state index is 0.127. The van der Waals surface area contributed by atoms with Gasteiger partial charge in [0.05, 0.1) is 6.42 Å². The number of carboxylic acid groups (broad SMARTS) is 1. The maximum atomic E-state index is 10.5. The van der Waals surface area contributed by atoms with E-state index in [-0.39, 0.29) is 12.5 Å². The minimum atomic E-state index is -0.717. The van der Waals surface area contributed by atoms with Gasteiger partial charge in [-0.3, -0.25) is 9.69 Å². The van der Waals surface area contributed by atoms with Gasteiger partial charge in [-0.2, -0.15) is 0 Å².